The molecule has 0 fully saturated rings. The number of hydrogen-bond acceptors (Lipinski definition) is 6. The highest BCUT2D eigenvalue weighted by Gasteiger charge is 2.25. The van der Waals surface area contributed by atoms with Crippen molar-refractivity contribution in [3.8, 4) is 11.6 Å². The number of aryl methyl sites for hydroxylation is 2. The first kappa shape index (κ1) is 15.7. The third-order valence-corrected chi connectivity index (χ3v) is 2.81. The fraction of sp³-hybridized carbons (Fsp3) is 0.333. The molecule has 2 rings (SSSR count). The molecule has 0 saturated heterocycles. The summed E-state index contributed by atoms with van der Waals surface area (Å²) in [6.07, 6.45) is 1.25. The van der Waals surface area contributed by atoms with Crippen molar-refractivity contribution in [2.45, 2.75) is 33.7 Å². The average molecular weight is 302 g/mol. The molecule has 1 N–H and O–H groups in total. The minimum atomic E-state index is -0.539. The number of anilines is 1. The number of ether oxygens (including phenoxy) is 1. The Morgan fingerprint density at radius 2 is 1.82 bits per heavy atom. The van der Waals surface area contributed by atoms with Crippen LogP contribution in [0, 0.1) is 24.0 Å². The minimum Gasteiger partial charge on any atom is -0.434 e. The van der Waals surface area contributed by atoms with Crippen molar-refractivity contribution in [1.82, 2.24) is 9.97 Å². The lowest BCUT2D eigenvalue weighted by Gasteiger charge is -2.11. The quantitative estimate of drug-likeness (QED) is 0.670. The second-order valence-electron chi connectivity index (χ2n) is 5.36. The molecule has 7 heteroatoms. The maximum atomic E-state index is 11.4. The first-order chi connectivity index (χ1) is 10.4. The van der Waals surface area contributed by atoms with Gasteiger partial charge in [0.25, 0.3) is 0 Å². The Labute approximate surface area is 128 Å². The smallest absolute Gasteiger partial charge is 0.373 e. The van der Waals surface area contributed by atoms with Gasteiger partial charge in [0.05, 0.1) is 4.92 Å². The van der Waals surface area contributed by atoms with Crippen LogP contribution in [0.5, 0.6) is 11.6 Å². The highest BCUT2D eigenvalue weighted by molar-refractivity contribution is 5.62. The predicted octanol–water partition coefficient (Wildman–Crippen LogP) is 3.61. The Kier molecular flexibility index (Phi) is 4.55. The van der Waals surface area contributed by atoms with E-state index in [1.54, 1.807) is 12.1 Å². The standard InChI is InChI=1S/C15H18N4O3/c1-9(2)18-14-13(19(20)21)15(17-8-16-14)22-12-6-10(3)5-11(4)7-12/h5-9H,1-4H3,(H,16,17,18). The van der Waals surface area contributed by atoms with Crippen LogP contribution in [0.2, 0.25) is 0 Å². The van der Waals surface area contributed by atoms with Gasteiger partial charge in [0.1, 0.15) is 12.1 Å². The normalized spacial score (nSPS) is 10.6. The maximum absolute atomic E-state index is 11.4. The number of rotatable bonds is 5. The molecule has 0 spiro atoms. The van der Waals surface area contributed by atoms with Gasteiger partial charge in [-0.3, -0.25) is 10.1 Å². The van der Waals surface area contributed by atoms with Crippen molar-refractivity contribution >= 4 is 11.5 Å². The number of benzene rings is 1. The third-order valence-electron chi connectivity index (χ3n) is 2.81. The van der Waals surface area contributed by atoms with Crippen molar-refractivity contribution in [3.63, 3.8) is 0 Å². The van der Waals surface area contributed by atoms with Gasteiger partial charge in [0, 0.05) is 6.04 Å². The largest absolute Gasteiger partial charge is 0.434 e. The SMILES string of the molecule is Cc1cc(C)cc(Oc2ncnc(NC(C)C)c2[N+](=O)[O-])c1. The molecule has 0 aliphatic carbocycles. The topological polar surface area (TPSA) is 90.2 Å². The second kappa shape index (κ2) is 6.38. The van der Waals surface area contributed by atoms with Crippen molar-refractivity contribution in [2.75, 3.05) is 5.32 Å². The van der Waals surface area contributed by atoms with Crippen molar-refractivity contribution < 1.29 is 9.66 Å². The molecule has 0 unspecified atom stereocenters. The van der Waals surface area contributed by atoms with Gasteiger partial charge in [0.2, 0.25) is 5.82 Å². The van der Waals surface area contributed by atoms with E-state index in [9.17, 15) is 10.1 Å². The number of aromatic nitrogens is 2. The summed E-state index contributed by atoms with van der Waals surface area (Å²) in [5.41, 5.74) is 1.75. The van der Waals surface area contributed by atoms with E-state index in [0.29, 0.717) is 5.75 Å². The van der Waals surface area contributed by atoms with Crippen LogP contribution in [0.4, 0.5) is 11.5 Å². The zero-order valence-corrected chi connectivity index (χ0v) is 13.0. The zero-order chi connectivity index (χ0) is 16.3. The van der Waals surface area contributed by atoms with Crippen LogP contribution in [0.25, 0.3) is 0 Å². The van der Waals surface area contributed by atoms with Crippen molar-refractivity contribution in [2.24, 2.45) is 0 Å². The van der Waals surface area contributed by atoms with Crippen molar-refractivity contribution in [3.05, 3.63) is 45.8 Å². The number of nitro groups is 1. The molecule has 0 saturated carbocycles. The molecule has 1 aromatic heterocycles. The summed E-state index contributed by atoms with van der Waals surface area (Å²) in [6, 6.07) is 5.60. The molecule has 0 amide bonds. The average Bonchev–Trinajstić information content (AvgIpc) is 2.36. The van der Waals surface area contributed by atoms with E-state index >= 15 is 0 Å². The van der Waals surface area contributed by atoms with Crippen LogP contribution in [-0.4, -0.2) is 20.9 Å². The lowest BCUT2D eigenvalue weighted by Crippen LogP contribution is -2.13. The molecule has 0 atom stereocenters. The Bertz CT molecular complexity index is 681. The summed E-state index contributed by atoms with van der Waals surface area (Å²) < 4.78 is 5.62. The molecule has 0 radical (unpaired) electrons. The first-order valence-electron chi connectivity index (χ1n) is 6.89. The molecule has 2 aromatic rings. The molecule has 1 aromatic carbocycles. The van der Waals surface area contributed by atoms with Gasteiger partial charge in [-0.1, -0.05) is 6.07 Å². The van der Waals surface area contributed by atoms with Crippen LogP contribution in [0.15, 0.2) is 24.5 Å². The van der Waals surface area contributed by atoms with Gasteiger partial charge in [0.15, 0.2) is 0 Å². The molecule has 0 aliphatic heterocycles. The summed E-state index contributed by atoms with van der Waals surface area (Å²) in [5.74, 6) is 0.581. The van der Waals surface area contributed by atoms with Gasteiger partial charge in [-0.05, 0) is 51.0 Å². The molecule has 0 bridgehead atoms. The first-order valence-corrected chi connectivity index (χ1v) is 6.89. The van der Waals surface area contributed by atoms with Crippen LogP contribution in [-0.2, 0) is 0 Å². The molecule has 1 heterocycles. The lowest BCUT2D eigenvalue weighted by molar-refractivity contribution is -0.385. The summed E-state index contributed by atoms with van der Waals surface area (Å²) in [4.78, 5) is 18.7. The van der Waals surface area contributed by atoms with Crippen LogP contribution >= 0.6 is 0 Å². The Hall–Kier alpha value is -2.70. The fourth-order valence-corrected chi connectivity index (χ4v) is 2.08. The molecular weight excluding hydrogens is 284 g/mol. The Balaban J connectivity index is 2.43. The van der Waals surface area contributed by atoms with Gasteiger partial charge in [-0.2, -0.15) is 4.98 Å². The summed E-state index contributed by atoms with van der Waals surface area (Å²) in [6.45, 7) is 7.60. The summed E-state index contributed by atoms with van der Waals surface area (Å²) in [7, 11) is 0. The van der Waals surface area contributed by atoms with E-state index < -0.39 is 4.92 Å². The number of nitrogens with one attached hydrogen (secondary N) is 1. The van der Waals surface area contributed by atoms with E-state index in [1.165, 1.54) is 6.33 Å². The van der Waals surface area contributed by atoms with Gasteiger partial charge in [-0.25, -0.2) is 4.98 Å². The molecule has 116 valence electrons. The van der Waals surface area contributed by atoms with E-state index in [2.05, 4.69) is 15.3 Å². The minimum absolute atomic E-state index is 0.00247. The van der Waals surface area contributed by atoms with Crippen LogP contribution in [0.3, 0.4) is 0 Å². The Morgan fingerprint density at radius 3 is 2.36 bits per heavy atom. The highest BCUT2D eigenvalue weighted by atomic mass is 16.6. The zero-order valence-electron chi connectivity index (χ0n) is 13.0. The van der Waals surface area contributed by atoms with Gasteiger partial charge >= 0.3 is 11.6 Å². The molecule has 0 aliphatic rings. The molecule has 7 nitrogen and oxygen atoms in total. The fourth-order valence-electron chi connectivity index (χ4n) is 2.08. The predicted molar refractivity (Wildman–Crippen MR) is 83.4 cm³/mol. The van der Waals surface area contributed by atoms with Gasteiger partial charge < -0.3 is 10.1 Å². The van der Waals surface area contributed by atoms with Crippen LogP contribution in [0.1, 0.15) is 25.0 Å². The maximum Gasteiger partial charge on any atom is 0.373 e. The number of hydrogen-bond donors (Lipinski definition) is 1. The van der Waals surface area contributed by atoms with E-state index in [1.807, 2.05) is 33.8 Å². The summed E-state index contributed by atoms with van der Waals surface area (Å²) >= 11 is 0. The van der Waals surface area contributed by atoms with E-state index in [4.69, 9.17) is 4.74 Å². The Morgan fingerprint density at radius 1 is 1.18 bits per heavy atom. The van der Waals surface area contributed by atoms with E-state index in [0.717, 1.165) is 11.1 Å². The lowest BCUT2D eigenvalue weighted by atomic mass is 10.1. The summed E-state index contributed by atoms with van der Waals surface area (Å²) in [5, 5.41) is 14.3. The van der Waals surface area contributed by atoms with E-state index in [-0.39, 0.29) is 23.4 Å². The monoisotopic (exact) mass is 302 g/mol. The second-order valence-corrected chi connectivity index (χ2v) is 5.36. The van der Waals surface area contributed by atoms with Gasteiger partial charge in [-0.15, -0.1) is 0 Å². The van der Waals surface area contributed by atoms with Crippen LogP contribution < -0.4 is 10.1 Å². The molecule has 22 heavy (non-hydrogen) atoms. The number of nitrogens with zero attached hydrogens (tertiary/aromatic N) is 3. The third kappa shape index (κ3) is 3.69. The molecular formula is C15H18N4O3. The highest BCUT2D eigenvalue weighted by Crippen LogP contribution is 2.34. The van der Waals surface area contributed by atoms with Crippen molar-refractivity contribution in [1.29, 1.82) is 0 Å².